The number of nitrogens with two attached hydrogens (primary N) is 1. The molecule has 3 nitrogen and oxygen atoms in total. The van der Waals surface area contributed by atoms with Crippen molar-refractivity contribution in [3.63, 3.8) is 0 Å². The van der Waals surface area contributed by atoms with E-state index in [4.69, 9.17) is 5.73 Å². The average molecular weight is 212 g/mol. The molecule has 0 aromatic heterocycles. The molecule has 0 aliphatic heterocycles. The van der Waals surface area contributed by atoms with Gasteiger partial charge in [-0.2, -0.15) is 0 Å². The highest BCUT2D eigenvalue weighted by Gasteiger charge is 2.44. The van der Waals surface area contributed by atoms with Crippen LogP contribution in [0, 0.1) is 11.3 Å². The van der Waals surface area contributed by atoms with Gasteiger partial charge in [-0.05, 0) is 38.0 Å². The van der Waals surface area contributed by atoms with Crippen molar-refractivity contribution < 1.29 is 4.79 Å². The van der Waals surface area contributed by atoms with Gasteiger partial charge in [-0.15, -0.1) is 0 Å². The predicted molar refractivity (Wildman–Crippen MR) is 62.4 cm³/mol. The van der Waals surface area contributed by atoms with Crippen molar-refractivity contribution in [1.82, 2.24) is 5.32 Å². The fourth-order valence-corrected chi connectivity index (χ4v) is 1.44. The van der Waals surface area contributed by atoms with Gasteiger partial charge in [0.1, 0.15) is 0 Å². The van der Waals surface area contributed by atoms with E-state index in [1.807, 2.05) is 13.8 Å². The molecule has 1 amide bonds. The predicted octanol–water partition coefficient (Wildman–Crippen LogP) is 1.66. The van der Waals surface area contributed by atoms with E-state index in [1.54, 1.807) is 0 Å². The minimum atomic E-state index is -0.681. The second kappa shape index (κ2) is 3.78. The molecule has 0 radical (unpaired) electrons. The summed E-state index contributed by atoms with van der Waals surface area (Å²) in [6.07, 6.45) is 2.18. The first-order valence-electron chi connectivity index (χ1n) is 5.75. The molecule has 1 fully saturated rings. The fourth-order valence-electron chi connectivity index (χ4n) is 1.44. The highest BCUT2D eigenvalue weighted by atomic mass is 16.2. The van der Waals surface area contributed by atoms with Gasteiger partial charge in [-0.1, -0.05) is 20.8 Å². The summed E-state index contributed by atoms with van der Waals surface area (Å²) in [7, 11) is 0. The molecule has 1 rings (SSSR count). The summed E-state index contributed by atoms with van der Waals surface area (Å²) in [6.45, 7) is 10.2. The molecule has 0 saturated heterocycles. The first-order chi connectivity index (χ1) is 6.65. The second-order valence-electron chi connectivity index (χ2n) is 6.12. The zero-order valence-corrected chi connectivity index (χ0v) is 10.6. The van der Waals surface area contributed by atoms with Gasteiger partial charge >= 0.3 is 0 Å². The smallest absolute Gasteiger partial charge is 0.240 e. The van der Waals surface area contributed by atoms with Crippen molar-refractivity contribution in [2.24, 2.45) is 17.1 Å². The summed E-state index contributed by atoms with van der Waals surface area (Å²) < 4.78 is 0. The maximum atomic E-state index is 12.0. The Morgan fingerprint density at radius 3 is 2.13 bits per heavy atom. The molecule has 88 valence electrons. The number of amides is 1. The lowest BCUT2D eigenvalue weighted by Crippen LogP contribution is -2.57. The van der Waals surface area contributed by atoms with Crippen LogP contribution in [-0.4, -0.2) is 17.5 Å². The van der Waals surface area contributed by atoms with Gasteiger partial charge in [0, 0.05) is 6.04 Å². The minimum Gasteiger partial charge on any atom is -0.352 e. The van der Waals surface area contributed by atoms with Crippen LogP contribution in [0.1, 0.15) is 47.5 Å². The van der Waals surface area contributed by atoms with Crippen molar-refractivity contribution in [3.8, 4) is 0 Å². The van der Waals surface area contributed by atoms with Gasteiger partial charge in [-0.3, -0.25) is 4.79 Å². The normalized spacial score (nSPS) is 23.1. The Hall–Kier alpha value is -0.570. The Kier molecular flexibility index (Phi) is 3.15. The Morgan fingerprint density at radius 2 is 1.80 bits per heavy atom. The molecule has 0 aromatic rings. The molecule has 1 aliphatic rings. The minimum absolute atomic E-state index is 0.00701. The van der Waals surface area contributed by atoms with Crippen molar-refractivity contribution in [2.75, 3.05) is 0 Å². The molecular formula is C12H24N2O. The SMILES string of the molecule is CC(NC(=O)C(C)(N)C1CC1)C(C)(C)C. The quantitative estimate of drug-likeness (QED) is 0.747. The largest absolute Gasteiger partial charge is 0.352 e. The topological polar surface area (TPSA) is 55.1 Å². The number of nitrogens with one attached hydrogen (secondary N) is 1. The first kappa shape index (κ1) is 12.5. The number of carbonyl (C=O) groups is 1. The lowest BCUT2D eigenvalue weighted by atomic mass is 9.87. The molecule has 3 heteroatoms. The van der Waals surface area contributed by atoms with Crippen molar-refractivity contribution in [2.45, 2.75) is 59.0 Å². The van der Waals surface area contributed by atoms with Gasteiger partial charge in [0.05, 0.1) is 5.54 Å². The molecule has 2 unspecified atom stereocenters. The van der Waals surface area contributed by atoms with Crippen LogP contribution in [0.2, 0.25) is 0 Å². The van der Waals surface area contributed by atoms with Crippen LogP contribution in [0.5, 0.6) is 0 Å². The maximum Gasteiger partial charge on any atom is 0.240 e. The number of hydrogen-bond acceptors (Lipinski definition) is 2. The van der Waals surface area contributed by atoms with Crippen LogP contribution in [0.3, 0.4) is 0 Å². The number of hydrogen-bond donors (Lipinski definition) is 2. The zero-order chi connectivity index (χ0) is 11.9. The molecule has 3 N–H and O–H groups in total. The van der Waals surface area contributed by atoms with E-state index in [1.165, 1.54) is 0 Å². The Morgan fingerprint density at radius 1 is 1.33 bits per heavy atom. The molecule has 0 spiro atoms. The lowest BCUT2D eigenvalue weighted by molar-refractivity contribution is -0.127. The van der Waals surface area contributed by atoms with Crippen molar-refractivity contribution in [3.05, 3.63) is 0 Å². The van der Waals surface area contributed by atoms with Crippen molar-refractivity contribution in [1.29, 1.82) is 0 Å². The molecule has 1 aliphatic carbocycles. The lowest BCUT2D eigenvalue weighted by Gasteiger charge is -2.32. The summed E-state index contributed by atoms with van der Waals surface area (Å²) in [5, 5.41) is 3.02. The van der Waals surface area contributed by atoms with Crippen LogP contribution in [0.4, 0.5) is 0 Å². The van der Waals surface area contributed by atoms with E-state index in [0.717, 1.165) is 12.8 Å². The Balaban J connectivity index is 2.55. The van der Waals surface area contributed by atoms with Crippen LogP contribution < -0.4 is 11.1 Å². The summed E-state index contributed by atoms with van der Waals surface area (Å²) in [5.74, 6) is 0.372. The number of carbonyl (C=O) groups excluding carboxylic acids is 1. The average Bonchev–Trinajstić information content (AvgIpc) is 2.83. The Bertz CT molecular complexity index is 249. The maximum absolute atomic E-state index is 12.0. The summed E-state index contributed by atoms with van der Waals surface area (Å²) >= 11 is 0. The highest BCUT2D eigenvalue weighted by molar-refractivity contribution is 5.86. The molecule has 15 heavy (non-hydrogen) atoms. The van der Waals surface area contributed by atoms with Gasteiger partial charge < -0.3 is 11.1 Å². The van der Waals surface area contributed by atoms with E-state index < -0.39 is 5.54 Å². The summed E-state index contributed by atoms with van der Waals surface area (Å²) in [5.41, 5.74) is 5.44. The van der Waals surface area contributed by atoms with Gasteiger partial charge in [0.15, 0.2) is 0 Å². The second-order valence-corrected chi connectivity index (χ2v) is 6.12. The molecular weight excluding hydrogens is 188 g/mol. The third-order valence-corrected chi connectivity index (χ3v) is 3.56. The fraction of sp³-hybridized carbons (Fsp3) is 0.917. The van der Waals surface area contributed by atoms with Gasteiger partial charge in [-0.25, -0.2) is 0 Å². The number of rotatable bonds is 3. The van der Waals surface area contributed by atoms with E-state index >= 15 is 0 Å². The van der Waals surface area contributed by atoms with E-state index in [9.17, 15) is 4.79 Å². The molecule has 1 saturated carbocycles. The van der Waals surface area contributed by atoms with E-state index in [-0.39, 0.29) is 17.4 Å². The Labute approximate surface area is 92.8 Å². The summed E-state index contributed by atoms with van der Waals surface area (Å²) in [4.78, 5) is 12.0. The van der Waals surface area contributed by atoms with Crippen LogP contribution >= 0.6 is 0 Å². The molecule has 2 atom stereocenters. The monoisotopic (exact) mass is 212 g/mol. The van der Waals surface area contributed by atoms with Crippen LogP contribution in [0.25, 0.3) is 0 Å². The molecule has 0 heterocycles. The zero-order valence-electron chi connectivity index (χ0n) is 10.6. The standard InChI is InChI=1S/C12H24N2O/c1-8(11(2,3)4)14-10(15)12(5,13)9-6-7-9/h8-9H,6-7,13H2,1-5H3,(H,14,15). The molecule has 0 bridgehead atoms. The third-order valence-electron chi connectivity index (χ3n) is 3.56. The first-order valence-corrected chi connectivity index (χ1v) is 5.75. The van der Waals surface area contributed by atoms with Crippen LogP contribution in [0.15, 0.2) is 0 Å². The summed E-state index contributed by atoms with van der Waals surface area (Å²) in [6, 6.07) is 0.145. The van der Waals surface area contributed by atoms with E-state index in [2.05, 4.69) is 26.1 Å². The van der Waals surface area contributed by atoms with E-state index in [0.29, 0.717) is 5.92 Å². The van der Waals surface area contributed by atoms with Gasteiger partial charge in [0.25, 0.3) is 0 Å². The third kappa shape index (κ3) is 2.94. The van der Waals surface area contributed by atoms with Crippen LogP contribution in [-0.2, 0) is 4.79 Å². The van der Waals surface area contributed by atoms with Gasteiger partial charge in [0.2, 0.25) is 5.91 Å². The van der Waals surface area contributed by atoms with Crippen molar-refractivity contribution >= 4 is 5.91 Å². The highest BCUT2D eigenvalue weighted by Crippen LogP contribution is 2.38. The molecule has 0 aromatic carbocycles.